The van der Waals surface area contributed by atoms with E-state index in [2.05, 4.69) is 40.5 Å². The second kappa shape index (κ2) is 6.18. The number of fused-ring (bicyclic) bond motifs is 1. The molecule has 1 unspecified atom stereocenters. The summed E-state index contributed by atoms with van der Waals surface area (Å²) in [6, 6.07) is 2.73. The van der Waals surface area contributed by atoms with E-state index >= 15 is 0 Å². The van der Waals surface area contributed by atoms with Crippen molar-refractivity contribution >= 4 is 45.1 Å². The van der Waals surface area contributed by atoms with Crippen LogP contribution < -0.4 is 10.6 Å². The topological polar surface area (TPSA) is 49.8 Å². The standard InChI is InChI=1S/C14H20N4S2/c1-3-5-15-14-17-12(16-10-4-6-19-8-10)11-7-9(2)20-13(11)18-14/h7,10H,3-6,8H2,1-2H3,(H2,15,16,17,18). The van der Waals surface area contributed by atoms with Gasteiger partial charge in [-0.1, -0.05) is 6.92 Å². The van der Waals surface area contributed by atoms with Crippen LogP contribution in [0.2, 0.25) is 0 Å². The van der Waals surface area contributed by atoms with Gasteiger partial charge >= 0.3 is 0 Å². The van der Waals surface area contributed by atoms with Crippen molar-refractivity contribution in [3.8, 4) is 0 Å². The second-order valence-electron chi connectivity index (χ2n) is 5.10. The Bertz CT molecular complexity index is 590. The van der Waals surface area contributed by atoms with Crippen LogP contribution in [0.15, 0.2) is 6.07 Å². The summed E-state index contributed by atoms with van der Waals surface area (Å²) in [7, 11) is 0. The highest BCUT2D eigenvalue weighted by molar-refractivity contribution is 7.99. The first kappa shape index (κ1) is 13.9. The lowest BCUT2D eigenvalue weighted by molar-refractivity contribution is 0.808. The van der Waals surface area contributed by atoms with Gasteiger partial charge in [-0.15, -0.1) is 11.3 Å². The molecule has 0 aliphatic carbocycles. The van der Waals surface area contributed by atoms with Crippen molar-refractivity contribution in [2.75, 3.05) is 28.7 Å². The lowest BCUT2D eigenvalue weighted by Gasteiger charge is -2.14. The van der Waals surface area contributed by atoms with Crippen LogP contribution in [0, 0.1) is 6.92 Å². The molecule has 1 saturated heterocycles. The summed E-state index contributed by atoms with van der Waals surface area (Å²) in [6.45, 7) is 5.19. The van der Waals surface area contributed by atoms with Crippen LogP contribution in [-0.4, -0.2) is 34.1 Å². The summed E-state index contributed by atoms with van der Waals surface area (Å²) < 4.78 is 0. The van der Waals surface area contributed by atoms with E-state index < -0.39 is 0 Å². The average Bonchev–Trinajstić information content (AvgIpc) is 3.05. The first-order valence-electron chi connectivity index (χ1n) is 7.12. The molecule has 3 heterocycles. The molecular formula is C14H20N4S2. The van der Waals surface area contributed by atoms with Crippen molar-refractivity contribution in [1.82, 2.24) is 9.97 Å². The number of nitrogens with one attached hydrogen (secondary N) is 2. The molecule has 2 aromatic rings. The van der Waals surface area contributed by atoms with Crippen molar-refractivity contribution < 1.29 is 0 Å². The zero-order valence-electron chi connectivity index (χ0n) is 11.9. The number of thiophene rings is 1. The van der Waals surface area contributed by atoms with Gasteiger partial charge in [0.05, 0.1) is 5.39 Å². The zero-order valence-corrected chi connectivity index (χ0v) is 13.5. The number of hydrogen-bond acceptors (Lipinski definition) is 6. The Kier molecular flexibility index (Phi) is 4.31. The average molecular weight is 308 g/mol. The minimum Gasteiger partial charge on any atom is -0.366 e. The summed E-state index contributed by atoms with van der Waals surface area (Å²) in [4.78, 5) is 11.7. The van der Waals surface area contributed by atoms with Crippen molar-refractivity contribution in [3.05, 3.63) is 10.9 Å². The van der Waals surface area contributed by atoms with Gasteiger partial charge in [-0.05, 0) is 31.6 Å². The minimum absolute atomic E-state index is 0.539. The van der Waals surface area contributed by atoms with Crippen molar-refractivity contribution in [3.63, 3.8) is 0 Å². The van der Waals surface area contributed by atoms with Crippen LogP contribution in [0.1, 0.15) is 24.6 Å². The van der Waals surface area contributed by atoms with E-state index in [0.29, 0.717) is 6.04 Å². The highest BCUT2D eigenvalue weighted by atomic mass is 32.2. The van der Waals surface area contributed by atoms with Gasteiger partial charge in [-0.3, -0.25) is 0 Å². The lowest BCUT2D eigenvalue weighted by atomic mass is 10.2. The van der Waals surface area contributed by atoms with E-state index in [-0.39, 0.29) is 0 Å². The van der Waals surface area contributed by atoms with Crippen LogP contribution >= 0.6 is 23.1 Å². The smallest absolute Gasteiger partial charge is 0.226 e. The van der Waals surface area contributed by atoms with Gasteiger partial charge in [-0.25, -0.2) is 4.98 Å². The molecule has 0 radical (unpaired) electrons. The predicted octanol–water partition coefficient (Wildman–Crippen LogP) is 3.74. The molecular weight excluding hydrogens is 288 g/mol. The van der Waals surface area contributed by atoms with E-state index in [1.54, 1.807) is 11.3 Å². The molecule has 0 amide bonds. The third-order valence-corrected chi connectivity index (χ3v) is 5.43. The van der Waals surface area contributed by atoms with Gasteiger partial charge in [0.1, 0.15) is 10.6 Å². The normalized spacial score (nSPS) is 18.6. The van der Waals surface area contributed by atoms with Crippen molar-refractivity contribution in [1.29, 1.82) is 0 Å². The summed E-state index contributed by atoms with van der Waals surface area (Å²) in [6.07, 6.45) is 2.30. The first-order valence-corrected chi connectivity index (χ1v) is 9.09. The number of aromatic nitrogens is 2. The number of aryl methyl sites for hydroxylation is 1. The predicted molar refractivity (Wildman–Crippen MR) is 90.3 cm³/mol. The Morgan fingerprint density at radius 1 is 1.40 bits per heavy atom. The molecule has 0 aromatic carbocycles. The van der Waals surface area contributed by atoms with E-state index in [1.165, 1.54) is 22.8 Å². The Balaban J connectivity index is 1.93. The fraction of sp³-hybridized carbons (Fsp3) is 0.571. The van der Waals surface area contributed by atoms with Crippen LogP contribution in [0.3, 0.4) is 0 Å². The summed E-state index contributed by atoms with van der Waals surface area (Å²) >= 11 is 3.75. The molecule has 3 rings (SSSR count). The molecule has 1 atom stereocenters. The van der Waals surface area contributed by atoms with Gasteiger partial charge in [0.25, 0.3) is 0 Å². The third-order valence-electron chi connectivity index (χ3n) is 3.32. The Labute approximate surface area is 127 Å². The van der Waals surface area contributed by atoms with E-state index in [0.717, 1.165) is 34.9 Å². The fourth-order valence-electron chi connectivity index (χ4n) is 2.31. The molecule has 108 valence electrons. The van der Waals surface area contributed by atoms with Crippen LogP contribution in [0.4, 0.5) is 11.8 Å². The van der Waals surface area contributed by atoms with E-state index in [4.69, 9.17) is 0 Å². The summed E-state index contributed by atoms with van der Waals surface area (Å²) in [5.41, 5.74) is 0. The molecule has 1 fully saturated rings. The summed E-state index contributed by atoms with van der Waals surface area (Å²) in [5, 5.41) is 8.07. The van der Waals surface area contributed by atoms with Crippen LogP contribution in [-0.2, 0) is 0 Å². The fourth-order valence-corrected chi connectivity index (χ4v) is 4.34. The maximum Gasteiger partial charge on any atom is 0.226 e. The number of anilines is 2. The summed E-state index contributed by atoms with van der Waals surface area (Å²) in [5.74, 6) is 4.15. The lowest BCUT2D eigenvalue weighted by Crippen LogP contribution is -2.19. The molecule has 4 nitrogen and oxygen atoms in total. The largest absolute Gasteiger partial charge is 0.366 e. The second-order valence-corrected chi connectivity index (χ2v) is 7.49. The van der Waals surface area contributed by atoms with Crippen molar-refractivity contribution in [2.24, 2.45) is 0 Å². The molecule has 2 N–H and O–H groups in total. The van der Waals surface area contributed by atoms with Gasteiger partial charge in [0.15, 0.2) is 0 Å². The first-order chi connectivity index (χ1) is 9.76. The Morgan fingerprint density at radius 2 is 2.30 bits per heavy atom. The van der Waals surface area contributed by atoms with Crippen LogP contribution in [0.25, 0.3) is 10.2 Å². The molecule has 1 aliphatic heterocycles. The monoisotopic (exact) mass is 308 g/mol. The van der Waals surface area contributed by atoms with Gasteiger partial charge in [-0.2, -0.15) is 16.7 Å². The zero-order chi connectivity index (χ0) is 13.9. The molecule has 0 bridgehead atoms. The Morgan fingerprint density at radius 3 is 3.05 bits per heavy atom. The maximum atomic E-state index is 4.68. The minimum atomic E-state index is 0.539. The number of nitrogens with zero attached hydrogens (tertiary/aromatic N) is 2. The van der Waals surface area contributed by atoms with E-state index in [9.17, 15) is 0 Å². The molecule has 20 heavy (non-hydrogen) atoms. The quantitative estimate of drug-likeness (QED) is 0.881. The molecule has 1 aliphatic rings. The third kappa shape index (κ3) is 3.01. The number of hydrogen-bond donors (Lipinski definition) is 2. The van der Waals surface area contributed by atoms with Gasteiger partial charge in [0.2, 0.25) is 5.95 Å². The van der Waals surface area contributed by atoms with Crippen LogP contribution in [0.5, 0.6) is 0 Å². The number of thioether (sulfide) groups is 1. The SMILES string of the molecule is CCCNc1nc(NC2CCSC2)c2cc(C)sc2n1. The highest BCUT2D eigenvalue weighted by Crippen LogP contribution is 2.31. The molecule has 2 aromatic heterocycles. The van der Waals surface area contributed by atoms with E-state index in [1.807, 2.05) is 11.8 Å². The molecule has 6 heteroatoms. The number of rotatable bonds is 5. The van der Waals surface area contributed by atoms with Gasteiger partial charge < -0.3 is 10.6 Å². The highest BCUT2D eigenvalue weighted by Gasteiger charge is 2.18. The van der Waals surface area contributed by atoms with Crippen molar-refractivity contribution in [2.45, 2.75) is 32.7 Å². The Hall–Kier alpha value is -1.01. The van der Waals surface area contributed by atoms with Gasteiger partial charge in [0, 0.05) is 23.2 Å². The molecule has 0 saturated carbocycles. The maximum absolute atomic E-state index is 4.68. The molecule has 0 spiro atoms.